The quantitative estimate of drug-likeness (QED) is 0.187. The zero-order chi connectivity index (χ0) is 33.5. The number of aromatic nitrogens is 4. The number of rotatable bonds is 4. The number of hydrogen-bond donors (Lipinski definition) is 0. The highest BCUT2D eigenvalue weighted by molar-refractivity contribution is 7.25. The Hall–Kier alpha value is -6.63. The second-order valence-corrected chi connectivity index (χ2v) is 13.9. The largest absolute Gasteiger partial charge is 0.456 e. The van der Waals surface area contributed by atoms with Crippen molar-refractivity contribution >= 4 is 75.3 Å². The lowest BCUT2D eigenvalue weighted by molar-refractivity contribution is 0.669. The second kappa shape index (κ2) is 10.9. The number of nitrogens with zero attached hydrogens (tertiary/aromatic N) is 4. The zero-order valence-electron chi connectivity index (χ0n) is 27.1. The molecule has 6 heteroatoms. The molecule has 0 atom stereocenters. The van der Waals surface area contributed by atoms with E-state index in [1.165, 1.54) is 20.2 Å². The van der Waals surface area contributed by atoms with Gasteiger partial charge in [0.25, 0.3) is 0 Å². The highest BCUT2D eigenvalue weighted by atomic mass is 32.1. The van der Waals surface area contributed by atoms with Gasteiger partial charge >= 0.3 is 0 Å². The molecule has 0 unspecified atom stereocenters. The lowest BCUT2D eigenvalue weighted by atomic mass is 10.0. The number of benzene rings is 7. The lowest BCUT2D eigenvalue weighted by Gasteiger charge is -2.11. The van der Waals surface area contributed by atoms with E-state index in [1.54, 1.807) is 11.3 Å². The molecule has 5 nitrogen and oxygen atoms in total. The number of fused-ring (bicyclic) bond motifs is 9. The summed E-state index contributed by atoms with van der Waals surface area (Å²) in [4.78, 5) is 15.8. The first-order valence-electron chi connectivity index (χ1n) is 16.9. The Morgan fingerprint density at radius 3 is 1.92 bits per heavy atom. The van der Waals surface area contributed by atoms with Crippen LogP contribution in [0.2, 0.25) is 0 Å². The van der Waals surface area contributed by atoms with Gasteiger partial charge in [0.05, 0.1) is 11.0 Å². The van der Waals surface area contributed by atoms with Crippen molar-refractivity contribution < 1.29 is 4.42 Å². The molecule has 0 spiro atoms. The molecule has 0 aliphatic heterocycles. The van der Waals surface area contributed by atoms with Crippen molar-refractivity contribution in [1.29, 1.82) is 0 Å². The molecule has 0 fully saturated rings. The van der Waals surface area contributed by atoms with E-state index in [9.17, 15) is 0 Å². The van der Waals surface area contributed by atoms with Gasteiger partial charge in [-0.3, -0.25) is 0 Å². The van der Waals surface area contributed by atoms with Gasteiger partial charge in [0.2, 0.25) is 0 Å². The van der Waals surface area contributed by atoms with Crippen LogP contribution in [0, 0.1) is 0 Å². The summed E-state index contributed by atoms with van der Waals surface area (Å²) >= 11 is 1.79. The minimum atomic E-state index is 0.604. The highest BCUT2D eigenvalue weighted by Gasteiger charge is 2.21. The Bertz CT molecular complexity index is 3150. The molecule has 11 rings (SSSR count). The first kappa shape index (κ1) is 28.2. The van der Waals surface area contributed by atoms with Crippen LogP contribution in [0.15, 0.2) is 162 Å². The lowest BCUT2D eigenvalue weighted by Crippen LogP contribution is -2.01. The summed E-state index contributed by atoms with van der Waals surface area (Å²) in [5.74, 6) is 1.85. The van der Waals surface area contributed by atoms with Crippen molar-refractivity contribution in [2.45, 2.75) is 0 Å². The van der Waals surface area contributed by atoms with E-state index in [0.29, 0.717) is 17.5 Å². The van der Waals surface area contributed by atoms with E-state index < -0.39 is 0 Å². The van der Waals surface area contributed by atoms with Crippen LogP contribution in [0.3, 0.4) is 0 Å². The van der Waals surface area contributed by atoms with E-state index >= 15 is 0 Å². The molecule has 0 aliphatic carbocycles. The Balaban J connectivity index is 1.21. The summed E-state index contributed by atoms with van der Waals surface area (Å²) < 4.78 is 11.1. The Morgan fingerprint density at radius 2 is 1.06 bits per heavy atom. The Kier molecular flexibility index (Phi) is 6.05. The van der Waals surface area contributed by atoms with E-state index in [2.05, 4.69) is 132 Å². The van der Waals surface area contributed by atoms with Gasteiger partial charge in [-0.05, 0) is 48.5 Å². The van der Waals surface area contributed by atoms with Gasteiger partial charge in [-0.15, -0.1) is 11.3 Å². The molecule has 0 aliphatic rings. The molecule has 0 radical (unpaired) electrons. The van der Waals surface area contributed by atoms with Crippen LogP contribution in [0.4, 0.5) is 0 Å². The standard InChI is InChI=1S/C45H26N4OS/c1-2-12-28(13-3-1)49-35-19-7-4-15-31(35)41-33(17-10-20-36(41)49)44-46-43(27-24-25-30-29-14-6-9-23-39(29)51-40(30)26-27)47-45(48-44)34-18-11-22-38-42(34)32-16-5-8-21-37(32)50-38/h1-26H. The predicted octanol–water partition coefficient (Wildman–Crippen LogP) is 12.2. The average Bonchev–Trinajstić information content (AvgIpc) is 3.87. The molecule has 7 aromatic carbocycles. The van der Waals surface area contributed by atoms with Crippen LogP contribution in [0.1, 0.15) is 0 Å². The van der Waals surface area contributed by atoms with Gasteiger partial charge in [0.1, 0.15) is 11.2 Å². The Labute approximate surface area is 295 Å². The van der Waals surface area contributed by atoms with Crippen LogP contribution in [0.25, 0.3) is 104 Å². The van der Waals surface area contributed by atoms with E-state index in [1.807, 2.05) is 30.3 Å². The van der Waals surface area contributed by atoms with Crippen LogP contribution in [-0.2, 0) is 0 Å². The summed E-state index contributed by atoms with van der Waals surface area (Å²) in [5.41, 5.74) is 7.78. The fourth-order valence-corrected chi connectivity index (χ4v) is 8.78. The maximum absolute atomic E-state index is 6.30. The molecule has 0 N–H and O–H groups in total. The van der Waals surface area contributed by atoms with Gasteiger partial charge in [-0.25, -0.2) is 15.0 Å². The number of para-hydroxylation sites is 3. The number of hydrogen-bond acceptors (Lipinski definition) is 5. The van der Waals surface area contributed by atoms with Gasteiger partial charge in [0, 0.05) is 64.1 Å². The third-order valence-electron chi connectivity index (χ3n) is 9.87. The highest BCUT2D eigenvalue weighted by Crippen LogP contribution is 2.41. The molecule has 0 saturated heterocycles. The molecule has 0 bridgehead atoms. The van der Waals surface area contributed by atoms with Gasteiger partial charge in [-0.2, -0.15) is 0 Å². The summed E-state index contributed by atoms with van der Waals surface area (Å²) in [5, 5.41) is 6.78. The summed E-state index contributed by atoms with van der Waals surface area (Å²) in [6.07, 6.45) is 0. The average molecular weight is 671 g/mol. The molecule has 0 saturated carbocycles. The summed E-state index contributed by atoms with van der Waals surface area (Å²) in [7, 11) is 0. The summed E-state index contributed by atoms with van der Waals surface area (Å²) in [6, 6.07) is 54.9. The molecule has 51 heavy (non-hydrogen) atoms. The van der Waals surface area contributed by atoms with Crippen LogP contribution in [0.5, 0.6) is 0 Å². The van der Waals surface area contributed by atoms with Crippen molar-refractivity contribution in [2.75, 3.05) is 0 Å². The molecule has 4 heterocycles. The number of furan rings is 1. The normalized spacial score (nSPS) is 11.9. The van der Waals surface area contributed by atoms with Gasteiger partial charge in [0.15, 0.2) is 17.5 Å². The van der Waals surface area contributed by atoms with Crippen LogP contribution < -0.4 is 0 Å². The molecule has 238 valence electrons. The van der Waals surface area contributed by atoms with Crippen LogP contribution >= 0.6 is 11.3 Å². The van der Waals surface area contributed by atoms with E-state index in [4.69, 9.17) is 19.4 Å². The van der Waals surface area contributed by atoms with Gasteiger partial charge < -0.3 is 8.98 Å². The van der Waals surface area contributed by atoms with E-state index in [0.717, 1.165) is 66.1 Å². The van der Waals surface area contributed by atoms with Crippen molar-refractivity contribution in [3.8, 4) is 39.9 Å². The first-order valence-corrected chi connectivity index (χ1v) is 17.8. The smallest absolute Gasteiger partial charge is 0.164 e. The number of thiophene rings is 1. The molecular weight excluding hydrogens is 645 g/mol. The van der Waals surface area contributed by atoms with Crippen LogP contribution in [-0.4, -0.2) is 19.5 Å². The minimum absolute atomic E-state index is 0.604. The Morgan fingerprint density at radius 1 is 0.431 bits per heavy atom. The van der Waals surface area contributed by atoms with Crippen molar-refractivity contribution in [1.82, 2.24) is 19.5 Å². The fourth-order valence-electron chi connectivity index (χ4n) is 7.63. The molecule has 11 aromatic rings. The first-order chi connectivity index (χ1) is 25.3. The van der Waals surface area contributed by atoms with E-state index in [-0.39, 0.29) is 0 Å². The predicted molar refractivity (Wildman–Crippen MR) is 211 cm³/mol. The summed E-state index contributed by atoms with van der Waals surface area (Å²) in [6.45, 7) is 0. The third-order valence-corrected chi connectivity index (χ3v) is 11.0. The SMILES string of the molecule is c1ccc(-n2c3ccccc3c3c(-c4nc(-c5ccc6c(c5)sc5ccccc56)nc(-c5cccc6oc7ccccc7c56)n4)cccc32)cc1. The molecule has 4 aromatic heterocycles. The van der Waals surface area contributed by atoms with Gasteiger partial charge in [-0.1, -0.05) is 109 Å². The topological polar surface area (TPSA) is 56.7 Å². The zero-order valence-corrected chi connectivity index (χ0v) is 27.9. The van der Waals surface area contributed by atoms with Crippen molar-refractivity contribution in [3.63, 3.8) is 0 Å². The maximum Gasteiger partial charge on any atom is 0.164 e. The second-order valence-electron chi connectivity index (χ2n) is 12.8. The van der Waals surface area contributed by atoms with Crippen molar-refractivity contribution in [2.24, 2.45) is 0 Å². The van der Waals surface area contributed by atoms with Crippen molar-refractivity contribution in [3.05, 3.63) is 158 Å². The third kappa shape index (κ3) is 4.30. The minimum Gasteiger partial charge on any atom is -0.456 e. The maximum atomic E-state index is 6.30. The molecule has 0 amide bonds. The fraction of sp³-hybridized carbons (Fsp3) is 0. The monoisotopic (exact) mass is 670 g/mol. The molecular formula is C45H26N4OS.